The first kappa shape index (κ1) is 11.0. The van der Waals surface area contributed by atoms with Crippen molar-refractivity contribution in [2.45, 2.75) is 0 Å². The van der Waals surface area contributed by atoms with Gasteiger partial charge in [-0.2, -0.15) is 9.78 Å². The van der Waals surface area contributed by atoms with E-state index in [1.54, 1.807) is 18.2 Å². The van der Waals surface area contributed by atoms with Crippen LogP contribution in [0.5, 0.6) is 0 Å². The summed E-state index contributed by atoms with van der Waals surface area (Å²) in [6.07, 6.45) is 1.46. The minimum Gasteiger partial charge on any atom is -0.451 e. The van der Waals surface area contributed by atoms with Crippen molar-refractivity contribution >= 4 is 38.6 Å². The Morgan fingerprint density at radius 3 is 2.89 bits per heavy atom. The molecule has 18 heavy (non-hydrogen) atoms. The first-order chi connectivity index (χ1) is 8.66. The van der Waals surface area contributed by atoms with E-state index in [1.807, 2.05) is 12.1 Å². The summed E-state index contributed by atoms with van der Waals surface area (Å²) in [5.74, 6) is 0.0902. The molecule has 1 aromatic carbocycles. The van der Waals surface area contributed by atoms with Crippen molar-refractivity contribution in [3.63, 3.8) is 0 Å². The van der Waals surface area contributed by atoms with Crippen molar-refractivity contribution in [2.75, 3.05) is 5.73 Å². The molecule has 2 aromatic heterocycles. The van der Waals surface area contributed by atoms with Crippen molar-refractivity contribution in [1.82, 2.24) is 9.78 Å². The van der Waals surface area contributed by atoms with E-state index < -0.39 is 0 Å². The number of hydrogen-bond acceptors (Lipinski definition) is 4. The summed E-state index contributed by atoms with van der Waals surface area (Å²) in [4.78, 5) is 12.1. The van der Waals surface area contributed by atoms with Crippen LogP contribution in [0, 0.1) is 0 Å². The van der Waals surface area contributed by atoms with Crippen molar-refractivity contribution in [2.24, 2.45) is 0 Å². The van der Waals surface area contributed by atoms with Gasteiger partial charge >= 0.3 is 5.91 Å². The van der Waals surface area contributed by atoms with Crippen molar-refractivity contribution < 1.29 is 9.21 Å². The van der Waals surface area contributed by atoms with Crippen LogP contribution in [-0.4, -0.2) is 15.7 Å². The van der Waals surface area contributed by atoms with E-state index in [0.717, 1.165) is 14.5 Å². The zero-order valence-corrected chi connectivity index (χ0v) is 10.7. The molecule has 6 heteroatoms. The Balaban J connectivity index is 2.13. The van der Waals surface area contributed by atoms with Gasteiger partial charge in [0.05, 0.1) is 6.20 Å². The van der Waals surface area contributed by atoms with Crippen LogP contribution in [0.1, 0.15) is 10.6 Å². The summed E-state index contributed by atoms with van der Waals surface area (Å²) in [7, 11) is 0. The van der Waals surface area contributed by atoms with E-state index in [2.05, 4.69) is 21.0 Å². The van der Waals surface area contributed by atoms with Crippen LogP contribution in [0.25, 0.3) is 11.0 Å². The normalized spacial score (nSPS) is 10.9. The van der Waals surface area contributed by atoms with Crippen LogP contribution in [0.3, 0.4) is 0 Å². The van der Waals surface area contributed by atoms with E-state index in [-0.39, 0.29) is 17.5 Å². The third-order valence-corrected chi connectivity index (χ3v) is 3.27. The smallest absolute Gasteiger partial charge is 0.315 e. The molecule has 0 bridgehead atoms. The SMILES string of the molecule is Nc1ccnn1C(=O)c1cc2c(Br)cccc2o1. The Hall–Kier alpha value is -2.08. The molecule has 5 nitrogen and oxygen atoms in total. The van der Waals surface area contributed by atoms with Gasteiger partial charge in [0, 0.05) is 15.9 Å². The Morgan fingerprint density at radius 2 is 2.22 bits per heavy atom. The Kier molecular flexibility index (Phi) is 2.45. The lowest BCUT2D eigenvalue weighted by atomic mass is 10.2. The summed E-state index contributed by atoms with van der Waals surface area (Å²) in [6, 6.07) is 8.74. The fraction of sp³-hybridized carbons (Fsp3) is 0. The molecule has 2 N–H and O–H groups in total. The maximum atomic E-state index is 12.1. The van der Waals surface area contributed by atoms with Crippen molar-refractivity contribution in [3.05, 3.63) is 46.8 Å². The molecule has 0 saturated heterocycles. The molecular formula is C12H8BrN3O2. The third-order valence-electron chi connectivity index (χ3n) is 2.58. The molecule has 0 aliphatic heterocycles. The van der Waals surface area contributed by atoms with Gasteiger partial charge in [0.25, 0.3) is 0 Å². The van der Waals surface area contributed by atoms with E-state index in [0.29, 0.717) is 5.58 Å². The summed E-state index contributed by atoms with van der Waals surface area (Å²) < 4.78 is 7.47. The number of furan rings is 1. The Bertz CT molecular complexity index is 745. The van der Waals surface area contributed by atoms with E-state index >= 15 is 0 Å². The number of anilines is 1. The molecule has 0 unspecified atom stereocenters. The summed E-state index contributed by atoms with van der Waals surface area (Å²) in [6.45, 7) is 0. The van der Waals surface area contributed by atoms with Crippen molar-refractivity contribution in [3.8, 4) is 0 Å². The van der Waals surface area contributed by atoms with Gasteiger partial charge in [-0.25, -0.2) is 0 Å². The van der Waals surface area contributed by atoms with Crippen LogP contribution >= 0.6 is 15.9 Å². The number of nitrogen functional groups attached to an aromatic ring is 1. The predicted molar refractivity (Wildman–Crippen MR) is 70.3 cm³/mol. The largest absolute Gasteiger partial charge is 0.451 e. The highest BCUT2D eigenvalue weighted by molar-refractivity contribution is 9.10. The number of carbonyl (C=O) groups excluding carboxylic acids is 1. The highest BCUT2D eigenvalue weighted by atomic mass is 79.9. The van der Waals surface area contributed by atoms with Gasteiger partial charge < -0.3 is 10.2 Å². The van der Waals surface area contributed by atoms with Gasteiger partial charge in [-0.05, 0) is 18.2 Å². The number of benzene rings is 1. The highest BCUT2D eigenvalue weighted by Gasteiger charge is 2.17. The minimum atomic E-state index is -0.388. The maximum absolute atomic E-state index is 12.1. The van der Waals surface area contributed by atoms with Crippen LogP contribution in [0.4, 0.5) is 5.82 Å². The van der Waals surface area contributed by atoms with Gasteiger partial charge in [-0.1, -0.05) is 22.0 Å². The quantitative estimate of drug-likeness (QED) is 0.750. The number of hydrogen-bond donors (Lipinski definition) is 1. The monoisotopic (exact) mass is 305 g/mol. The van der Waals surface area contributed by atoms with E-state index in [4.69, 9.17) is 10.2 Å². The van der Waals surface area contributed by atoms with Crippen LogP contribution in [0.2, 0.25) is 0 Å². The number of carbonyl (C=O) groups is 1. The number of fused-ring (bicyclic) bond motifs is 1. The molecule has 0 radical (unpaired) electrons. The molecule has 3 aromatic rings. The second-order valence-electron chi connectivity index (χ2n) is 3.74. The molecule has 90 valence electrons. The van der Waals surface area contributed by atoms with E-state index in [9.17, 15) is 4.79 Å². The molecule has 0 atom stereocenters. The maximum Gasteiger partial charge on any atom is 0.315 e. The lowest BCUT2D eigenvalue weighted by molar-refractivity contribution is 0.0922. The first-order valence-electron chi connectivity index (χ1n) is 5.19. The average Bonchev–Trinajstić information content (AvgIpc) is 2.95. The molecule has 0 aliphatic rings. The Labute approximate surface area is 110 Å². The molecule has 2 heterocycles. The number of nitrogens with two attached hydrogens (primary N) is 1. The fourth-order valence-electron chi connectivity index (χ4n) is 1.72. The van der Waals surface area contributed by atoms with Crippen LogP contribution < -0.4 is 5.73 Å². The molecule has 3 rings (SSSR count). The molecule has 0 saturated carbocycles. The summed E-state index contributed by atoms with van der Waals surface area (Å²) in [5, 5.41) is 4.69. The lowest BCUT2D eigenvalue weighted by Gasteiger charge is -1.98. The van der Waals surface area contributed by atoms with Gasteiger partial charge in [0.15, 0.2) is 5.76 Å². The molecule has 0 spiro atoms. The zero-order chi connectivity index (χ0) is 12.7. The second kappa shape index (κ2) is 3.99. The number of rotatable bonds is 1. The van der Waals surface area contributed by atoms with Gasteiger partial charge in [-0.3, -0.25) is 4.79 Å². The van der Waals surface area contributed by atoms with E-state index in [1.165, 1.54) is 6.20 Å². The van der Waals surface area contributed by atoms with Gasteiger partial charge in [0.2, 0.25) is 0 Å². The predicted octanol–water partition coefficient (Wildman–Crippen LogP) is 2.66. The highest BCUT2D eigenvalue weighted by Crippen LogP contribution is 2.27. The standard InChI is InChI=1S/C12H8BrN3O2/c13-8-2-1-3-9-7(8)6-10(18-9)12(17)16-11(14)4-5-15-16/h1-6H,14H2. The van der Waals surface area contributed by atoms with Crippen LogP contribution in [-0.2, 0) is 0 Å². The lowest BCUT2D eigenvalue weighted by Crippen LogP contribution is -2.15. The zero-order valence-electron chi connectivity index (χ0n) is 9.13. The summed E-state index contributed by atoms with van der Waals surface area (Å²) >= 11 is 3.40. The molecule has 0 aliphatic carbocycles. The van der Waals surface area contributed by atoms with Gasteiger partial charge in [-0.15, -0.1) is 0 Å². The third kappa shape index (κ3) is 1.62. The average molecular weight is 306 g/mol. The van der Waals surface area contributed by atoms with Gasteiger partial charge in [0.1, 0.15) is 11.4 Å². The minimum absolute atomic E-state index is 0.201. The first-order valence-corrected chi connectivity index (χ1v) is 5.98. The second-order valence-corrected chi connectivity index (χ2v) is 4.59. The summed E-state index contributed by atoms with van der Waals surface area (Å²) in [5.41, 5.74) is 6.27. The topological polar surface area (TPSA) is 74.0 Å². The fourth-order valence-corrected chi connectivity index (χ4v) is 2.18. The van der Waals surface area contributed by atoms with Crippen LogP contribution in [0.15, 0.2) is 45.4 Å². The number of aromatic nitrogens is 2. The molecule has 0 fully saturated rings. The molecule has 0 amide bonds. The van der Waals surface area contributed by atoms with Crippen molar-refractivity contribution in [1.29, 1.82) is 0 Å². The number of halogens is 1. The Morgan fingerprint density at radius 1 is 1.39 bits per heavy atom. The molecular weight excluding hydrogens is 298 g/mol. The number of nitrogens with zero attached hydrogens (tertiary/aromatic N) is 2.